The van der Waals surface area contributed by atoms with E-state index in [1.54, 1.807) is 6.07 Å². The van der Waals surface area contributed by atoms with E-state index in [1.165, 1.54) is 23.0 Å². The molecule has 198 valence electrons. The molecular formula is C25H23F4N7OS. The van der Waals surface area contributed by atoms with Crippen molar-refractivity contribution in [1.29, 1.82) is 5.26 Å². The molecule has 0 spiro atoms. The van der Waals surface area contributed by atoms with Gasteiger partial charge in [-0.05, 0) is 42.7 Å². The van der Waals surface area contributed by atoms with Crippen LogP contribution in [-0.4, -0.2) is 50.6 Å². The Balaban J connectivity index is 1.24. The number of amides is 1. The number of nitriles is 1. The number of nitrogens with one attached hydrogen (secondary N) is 1. The van der Waals surface area contributed by atoms with Crippen molar-refractivity contribution in [2.24, 2.45) is 5.73 Å². The van der Waals surface area contributed by atoms with Crippen LogP contribution in [0.3, 0.4) is 0 Å². The second-order valence-corrected chi connectivity index (χ2v) is 10.5. The Bertz CT molecular complexity index is 1550. The molecule has 1 aliphatic heterocycles. The van der Waals surface area contributed by atoms with Crippen LogP contribution >= 0.6 is 11.3 Å². The monoisotopic (exact) mass is 545 g/mol. The highest BCUT2D eigenvalue weighted by Gasteiger charge is 2.29. The number of nitrogens with two attached hydrogens (primary N) is 1. The summed E-state index contributed by atoms with van der Waals surface area (Å²) in [5.41, 5.74) is 6.35. The predicted molar refractivity (Wildman–Crippen MR) is 135 cm³/mol. The Kier molecular flexibility index (Phi) is 6.93. The Hall–Kier alpha value is -3.76. The molecule has 0 unspecified atom stereocenters. The van der Waals surface area contributed by atoms with Crippen molar-refractivity contribution in [2.45, 2.75) is 44.6 Å². The zero-order valence-corrected chi connectivity index (χ0v) is 20.9. The zero-order valence-electron chi connectivity index (χ0n) is 20.1. The van der Waals surface area contributed by atoms with Crippen LogP contribution in [0.2, 0.25) is 0 Å². The number of likely N-dealkylation sites (tertiary alicyclic amines) is 1. The van der Waals surface area contributed by atoms with E-state index in [0.29, 0.717) is 28.0 Å². The minimum absolute atomic E-state index is 0.0792. The van der Waals surface area contributed by atoms with Crippen LogP contribution in [0.5, 0.6) is 0 Å². The van der Waals surface area contributed by atoms with E-state index in [1.807, 2.05) is 12.1 Å². The van der Waals surface area contributed by atoms with Crippen molar-refractivity contribution >= 4 is 44.2 Å². The van der Waals surface area contributed by atoms with Gasteiger partial charge in [-0.2, -0.15) is 18.4 Å². The van der Waals surface area contributed by atoms with Crippen LogP contribution in [0.4, 0.5) is 23.4 Å². The van der Waals surface area contributed by atoms with Crippen molar-refractivity contribution in [1.82, 2.24) is 19.4 Å². The highest BCUT2D eigenvalue weighted by Crippen LogP contribution is 2.33. The van der Waals surface area contributed by atoms with E-state index in [9.17, 15) is 23.2 Å². The molecule has 0 radical (unpaired) electrons. The Labute approximate surface area is 218 Å². The second-order valence-electron chi connectivity index (χ2n) is 9.35. The van der Waals surface area contributed by atoms with Gasteiger partial charge in [0.05, 0.1) is 17.3 Å². The summed E-state index contributed by atoms with van der Waals surface area (Å²) in [5, 5.41) is 13.9. The van der Waals surface area contributed by atoms with Gasteiger partial charge in [-0.25, -0.2) is 14.4 Å². The molecule has 1 saturated heterocycles. The fourth-order valence-corrected chi connectivity index (χ4v) is 5.94. The maximum Gasteiger partial charge on any atom is 0.393 e. The van der Waals surface area contributed by atoms with Crippen molar-refractivity contribution in [3.63, 3.8) is 0 Å². The van der Waals surface area contributed by atoms with Crippen molar-refractivity contribution in [3.05, 3.63) is 52.5 Å². The van der Waals surface area contributed by atoms with Crippen LogP contribution in [0.15, 0.2) is 30.6 Å². The SMILES string of the molecule is N#Cc1cc2cc(CN3CCC(Nc4ncnc5sc(CC(F)(F)F)cc45)CC3)cc(F)c2n1CC(N)=O. The summed E-state index contributed by atoms with van der Waals surface area (Å²) < 4.78 is 54.7. The second kappa shape index (κ2) is 10.2. The first-order chi connectivity index (χ1) is 18.1. The summed E-state index contributed by atoms with van der Waals surface area (Å²) in [5.74, 6) is -0.660. The van der Waals surface area contributed by atoms with Gasteiger partial charge < -0.3 is 15.6 Å². The largest absolute Gasteiger partial charge is 0.393 e. The van der Waals surface area contributed by atoms with Crippen molar-refractivity contribution in [2.75, 3.05) is 18.4 Å². The summed E-state index contributed by atoms with van der Waals surface area (Å²) >= 11 is 1.02. The summed E-state index contributed by atoms with van der Waals surface area (Å²) in [6, 6.07) is 8.34. The minimum atomic E-state index is -4.28. The van der Waals surface area contributed by atoms with Gasteiger partial charge in [0.15, 0.2) is 0 Å². The number of aromatic nitrogens is 3. The summed E-state index contributed by atoms with van der Waals surface area (Å²) in [6.07, 6.45) is -2.39. The van der Waals surface area contributed by atoms with E-state index < -0.39 is 24.3 Å². The normalized spacial score (nSPS) is 15.2. The van der Waals surface area contributed by atoms with Gasteiger partial charge in [-0.15, -0.1) is 11.3 Å². The first kappa shape index (κ1) is 25.9. The number of carbonyl (C=O) groups is 1. The van der Waals surface area contributed by atoms with Crippen LogP contribution in [0.1, 0.15) is 29.0 Å². The van der Waals surface area contributed by atoms with Crippen LogP contribution in [0, 0.1) is 17.1 Å². The number of hydrogen-bond donors (Lipinski definition) is 2. The molecule has 0 bridgehead atoms. The van der Waals surface area contributed by atoms with Gasteiger partial charge in [0.2, 0.25) is 5.91 Å². The lowest BCUT2D eigenvalue weighted by atomic mass is 10.0. The minimum Gasteiger partial charge on any atom is -0.368 e. The number of primary amides is 1. The van der Waals surface area contributed by atoms with E-state index >= 15 is 4.39 Å². The van der Waals surface area contributed by atoms with Crippen molar-refractivity contribution < 1.29 is 22.4 Å². The number of alkyl halides is 3. The average molecular weight is 546 g/mol. The molecule has 0 saturated carbocycles. The number of fused-ring (bicyclic) bond motifs is 2. The Morgan fingerprint density at radius 2 is 1.97 bits per heavy atom. The number of anilines is 1. The van der Waals surface area contributed by atoms with Crippen LogP contribution in [-0.2, 0) is 24.3 Å². The number of halogens is 4. The lowest BCUT2D eigenvalue weighted by molar-refractivity contribution is -0.126. The highest BCUT2D eigenvalue weighted by molar-refractivity contribution is 7.18. The van der Waals surface area contributed by atoms with Gasteiger partial charge in [-0.1, -0.05) is 0 Å². The molecule has 3 aromatic heterocycles. The number of rotatable bonds is 7. The van der Waals surface area contributed by atoms with E-state index in [2.05, 4.69) is 20.2 Å². The molecule has 4 heterocycles. The first-order valence-corrected chi connectivity index (χ1v) is 12.7. The lowest BCUT2D eigenvalue weighted by Gasteiger charge is -2.32. The van der Waals surface area contributed by atoms with Crippen LogP contribution in [0.25, 0.3) is 21.1 Å². The molecule has 38 heavy (non-hydrogen) atoms. The zero-order chi connectivity index (χ0) is 27.0. The Morgan fingerprint density at radius 3 is 2.66 bits per heavy atom. The maximum absolute atomic E-state index is 15.0. The van der Waals surface area contributed by atoms with Gasteiger partial charge in [0.25, 0.3) is 0 Å². The highest BCUT2D eigenvalue weighted by atomic mass is 32.1. The molecule has 3 N–H and O–H groups in total. The number of benzene rings is 1. The average Bonchev–Trinajstić information content (AvgIpc) is 3.40. The van der Waals surface area contributed by atoms with Crippen molar-refractivity contribution in [3.8, 4) is 6.07 Å². The first-order valence-electron chi connectivity index (χ1n) is 11.9. The number of carbonyl (C=O) groups excluding carboxylic acids is 1. The molecule has 4 aromatic rings. The molecule has 1 aliphatic rings. The smallest absolute Gasteiger partial charge is 0.368 e. The number of thiophene rings is 1. The molecular weight excluding hydrogens is 522 g/mol. The van der Waals surface area contributed by atoms with E-state index in [0.717, 1.165) is 42.8 Å². The maximum atomic E-state index is 15.0. The van der Waals surface area contributed by atoms with E-state index in [-0.39, 0.29) is 28.7 Å². The standard InChI is InChI=1S/C25H23F4N7OS/c26-20-6-14(5-15-7-17(10-30)36(22(15)20)12-21(31)37)11-35-3-1-16(2-4-35)34-23-19-8-18(9-25(27,28)29)38-24(19)33-13-32-23/h5-8,13,16H,1-4,9,11-12H2,(H2,31,37)(H,32,33,34). The molecule has 1 amide bonds. The fourth-order valence-electron chi connectivity index (χ4n) is 4.92. The summed E-state index contributed by atoms with van der Waals surface area (Å²) in [6.45, 7) is 1.67. The summed E-state index contributed by atoms with van der Waals surface area (Å²) in [7, 11) is 0. The van der Waals surface area contributed by atoms with Gasteiger partial charge >= 0.3 is 6.18 Å². The molecule has 0 atom stereocenters. The third kappa shape index (κ3) is 5.56. The van der Waals surface area contributed by atoms with Gasteiger partial charge in [0, 0.05) is 35.9 Å². The topological polar surface area (TPSA) is 113 Å². The molecule has 0 aliphatic carbocycles. The molecule has 8 nitrogen and oxygen atoms in total. The lowest BCUT2D eigenvalue weighted by Crippen LogP contribution is -2.38. The molecule has 1 aromatic carbocycles. The molecule has 1 fully saturated rings. The number of nitrogens with zero attached hydrogens (tertiary/aromatic N) is 5. The number of piperidine rings is 1. The van der Waals surface area contributed by atoms with E-state index in [4.69, 9.17) is 5.73 Å². The third-order valence-electron chi connectivity index (χ3n) is 6.52. The van der Waals surface area contributed by atoms with Crippen LogP contribution < -0.4 is 11.1 Å². The third-order valence-corrected chi connectivity index (χ3v) is 7.57. The van der Waals surface area contributed by atoms with Gasteiger partial charge in [-0.3, -0.25) is 9.69 Å². The number of hydrogen-bond acceptors (Lipinski definition) is 7. The fraction of sp³-hybridized carbons (Fsp3) is 0.360. The Morgan fingerprint density at radius 1 is 1.21 bits per heavy atom. The van der Waals surface area contributed by atoms with Gasteiger partial charge in [0.1, 0.15) is 41.1 Å². The molecule has 5 rings (SSSR count). The quantitative estimate of drug-likeness (QED) is 0.335. The predicted octanol–water partition coefficient (Wildman–Crippen LogP) is 4.32. The summed E-state index contributed by atoms with van der Waals surface area (Å²) in [4.78, 5) is 22.7. The molecule has 13 heteroatoms.